The number of anilines is 2. The second-order valence-electron chi connectivity index (χ2n) is 5.64. The van der Waals surface area contributed by atoms with E-state index in [9.17, 15) is 9.59 Å². The molecule has 1 aliphatic rings. The highest BCUT2D eigenvalue weighted by Gasteiger charge is 2.24. The summed E-state index contributed by atoms with van der Waals surface area (Å²) in [5.41, 5.74) is 5.86. The second kappa shape index (κ2) is 7.53. The number of hydrogen-bond acceptors (Lipinski definition) is 3. The van der Waals surface area contributed by atoms with Crippen LogP contribution in [0.1, 0.15) is 18.9 Å². The highest BCUT2D eigenvalue weighted by Crippen LogP contribution is 2.21. The van der Waals surface area contributed by atoms with Gasteiger partial charge in [0.05, 0.1) is 5.69 Å². The first-order valence-corrected chi connectivity index (χ1v) is 8.81. The van der Waals surface area contributed by atoms with E-state index in [1.807, 2.05) is 36.4 Å². The van der Waals surface area contributed by atoms with Gasteiger partial charge in [0, 0.05) is 16.6 Å². The van der Waals surface area contributed by atoms with Crippen LogP contribution in [0, 0.1) is 0 Å². The minimum absolute atomic E-state index is 0.119. The van der Waals surface area contributed by atoms with Gasteiger partial charge in [-0.25, -0.2) is 5.01 Å². The maximum absolute atomic E-state index is 12.5. The van der Waals surface area contributed by atoms with Crippen LogP contribution in [0.3, 0.4) is 0 Å². The highest BCUT2D eigenvalue weighted by atomic mass is 79.9. The van der Waals surface area contributed by atoms with E-state index in [0.717, 1.165) is 16.6 Å². The number of hydrogen-bond donors (Lipinski definition) is 2. The lowest BCUT2D eigenvalue weighted by molar-refractivity contribution is -0.119. The molecule has 0 radical (unpaired) electrons. The molecule has 6 heteroatoms. The molecule has 128 valence electrons. The lowest BCUT2D eigenvalue weighted by Gasteiger charge is -2.28. The Morgan fingerprint density at radius 3 is 2.48 bits per heavy atom. The Morgan fingerprint density at radius 2 is 1.84 bits per heavy atom. The summed E-state index contributed by atoms with van der Waals surface area (Å²) in [5.74, 6) is -0.398. The maximum atomic E-state index is 12.5. The van der Waals surface area contributed by atoms with Crippen molar-refractivity contribution in [3.8, 4) is 0 Å². The van der Waals surface area contributed by atoms with Crippen molar-refractivity contribution in [3.05, 3.63) is 70.3 Å². The van der Waals surface area contributed by atoms with E-state index in [1.54, 1.807) is 18.2 Å². The fraction of sp³-hybridized carbons (Fsp3) is 0.158. The predicted octanol–water partition coefficient (Wildman–Crippen LogP) is 3.78. The van der Waals surface area contributed by atoms with Gasteiger partial charge in [-0.3, -0.25) is 15.0 Å². The standard InChI is InChI=1S/C19H18BrN3O2/c1-2-13-3-7-15(8-4-13)21-19(25)17-11-12-18(24)23(22-17)16-9-5-14(20)6-10-16/h3-11,22H,2,12H2,1H3,(H,21,25). The first kappa shape index (κ1) is 17.2. The van der Waals surface area contributed by atoms with Crippen LogP contribution in [0.15, 0.2) is 64.8 Å². The minimum atomic E-state index is -0.279. The summed E-state index contributed by atoms with van der Waals surface area (Å²) in [4.78, 5) is 24.6. The summed E-state index contributed by atoms with van der Waals surface area (Å²) in [6.45, 7) is 2.08. The van der Waals surface area contributed by atoms with Crippen LogP contribution in [0.25, 0.3) is 0 Å². The lowest BCUT2D eigenvalue weighted by Crippen LogP contribution is -2.47. The van der Waals surface area contributed by atoms with Crippen molar-refractivity contribution in [1.29, 1.82) is 0 Å². The molecule has 0 aliphatic carbocycles. The van der Waals surface area contributed by atoms with Gasteiger partial charge in [-0.1, -0.05) is 35.0 Å². The smallest absolute Gasteiger partial charge is 0.273 e. The number of nitrogens with zero attached hydrogens (tertiary/aromatic N) is 1. The zero-order valence-electron chi connectivity index (χ0n) is 13.8. The van der Waals surface area contributed by atoms with Crippen molar-refractivity contribution in [1.82, 2.24) is 5.43 Å². The summed E-state index contributed by atoms with van der Waals surface area (Å²) in [5, 5.41) is 4.23. The number of benzene rings is 2. The monoisotopic (exact) mass is 399 g/mol. The topological polar surface area (TPSA) is 61.4 Å². The van der Waals surface area contributed by atoms with E-state index in [0.29, 0.717) is 11.4 Å². The van der Waals surface area contributed by atoms with Gasteiger partial charge in [0.25, 0.3) is 5.91 Å². The molecule has 3 rings (SSSR count). The third-order valence-corrected chi connectivity index (χ3v) is 4.44. The Kier molecular flexibility index (Phi) is 5.19. The summed E-state index contributed by atoms with van der Waals surface area (Å²) < 4.78 is 0.921. The number of carbonyl (C=O) groups excluding carboxylic acids is 2. The third kappa shape index (κ3) is 4.09. The largest absolute Gasteiger partial charge is 0.321 e. The van der Waals surface area contributed by atoms with E-state index in [4.69, 9.17) is 0 Å². The zero-order valence-corrected chi connectivity index (χ0v) is 15.3. The molecule has 1 aliphatic heterocycles. The van der Waals surface area contributed by atoms with Gasteiger partial charge in [0.1, 0.15) is 5.70 Å². The van der Waals surface area contributed by atoms with Crippen LogP contribution in [-0.2, 0) is 16.0 Å². The molecule has 2 amide bonds. The van der Waals surface area contributed by atoms with Crippen molar-refractivity contribution in [2.24, 2.45) is 0 Å². The summed E-state index contributed by atoms with van der Waals surface area (Å²) >= 11 is 3.37. The Hall–Kier alpha value is -2.60. The molecular formula is C19H18BrN3O2. The molecule has 5 nitrogen and oxygen atoms in total. The fourth-order valence-corrected chi connectivity index (χ4v) is 2.74. The number of amides is 2. The zero-order chi connectivity index (χ0) is 17.8. The molecule has 2 aromatic carbocycles. The van der Waals surface area contributed by atoms with Gasteiger partial charge in [-0.2, -0.15) is 0 Å². The van der Waals surface area contributed by atoms with Crippen molar-refractivity contribution in [2.45, 2.75) is 19.8 Å². The fourth-order valence-electron chi connectivity index (χ4n) is 2.47. The molecule has 0 unspecified atom stereocenters. The van der Waals surface area contributed by atoms with Crippen molar-refractivity contribution in [2.75, 3.05) is 10.3 Å². The van der Waals surface area contributed by atoms with E-state index >= 15 is 0 Å². The molecular weight excluding hydrogens is 382 g/mol. The molecule has 0 saturated heterocycles. The van der Waals surface area contributed by atoms with Crippen molar-refractivity contribution in [3.63, 3.8) is 0 Å². The summed E-state index contributed by atoms with van der Waals surface area (Å²) in [6, 6.07) is 15.0. The van der Waals surface area contributed by atoms with Crippen molar-refractivity contribution < 1.29 is 9.59 Å². The van der Waals surface area contributed by atoms with Crippen molar-refractivity contribution >= 4 is 39.1 Å². The average molecular weight is 400 g/mol. The minimum Gasteiger partial charge on any atom is -0.321 e. The lowest BCUT2D eigenvalue weighted by atomic mass is 10.1. The molecule has 0 spiro atoms. The van der Waals surface area contributed by atoms with Crippen LogP contribution in [0.2, 0.25) is 0 Å². The average Bonchev–Trinajstić information content (AvgIpc) is 2.63. The van der Waals surface area contributed by atoms with Gasteiger partial charge >= 0.3 is 0 Å². The molecule has 0 aromatic heterocycles. The molecule has 0 atom stereocenters. The molecule has 1 heterocycles. The number of aryl methyl sites for hydroxylation is 1. The van der Waals surface area contributed by atoms with Crippen LogP contribution in [0.4, 0.5) is 11.4 Å². The Balaban J connectivity index is 1.72. The number of halogens is 1. The van der Waals surface area contributed by atoms with E-state index < -0.39 is 0 Å². The van der Waals surface area contributed by atoms with Gasteiger partial charge in [0.2, 0.25) is 5.91 Å². The molecule has 2 N–H and O–H groups in total. The summed E-state index contributed by atoms with van der Waals surface area (Å²) in [6.07, 6.45) is 2.72. The van der Waals surface area contributed by atoms with Crippen LogP contribution in [-0.4, -0.2) is 11.8 Å². The van der Waals surface area contributed by atoms with Crippen LogP contribution >= 0.6 is 15.9 Å². The number of hydrazine groups is 1. The third-order valence-electron chi connectivity index (χ3n) is 3.91. The van der Waals surface area contributed by atoms with E-state index in [-0.39, 0.29) is 18.2 Å². The first-order chi connectivity index (χ1) is 12.1. The van der Waals surface area contributed by atoms with E-state index in [2.05, 4.69) is 33.6 Å². The molecule has 0 saturated carbocycles. The number of rotatable bonds is 4. The SMILES string of the molecule is CCc1ccc(NC(=O)C2=CCC(=O)N(c3ccc(Br)cc3)N2)cc1. The molecule has 0 bridgehead atoms. The van der Waals surface area contributed by atoms with Gasteiger partial charge < -0.3 is 5.32 Å². The molecule has 2 aromatic rings. The summed E-state index contributed by atoms with van der Waals surface area (Å²) in [7, 11) is 0. The Labute approximate surface area is 154 Å². The van der Waals surface area contributed by atoms with Gasteiger partial charge in [-0.15, -0.1) is 0 Å². The Morgan fingerprint density at radius 1 is 1.16 bits per heavy atom. The first-order valence-electron chi connectivity index (χ1n) is 8.02. The molecule has 0 fully saturated rings. The van der Waals surface area contributed by atoms with Gasteiger partial charge in [0.15, 0.2) is 0 Å². The number of nitrogens with one attached hydrogen (secondary N) is 2. The van der Waals surface area contributed by atoms with Gasteiger partial charge in [-0.05, 0) is 54.5 Å². The Bertz CT molecular complexity index is 814. The van der Waals surface area contributed by atoms with Crippen LogP contribution < -0.4 is 15.8 Å². The maximum Gasteiger partial charge on any atom is 0.273 e. The molecule has 25 heavy (non-hydrogen) atoms. The highest BCUT2D eigenvalue weighted by molar-refractivity contribution is 9.10. The normalized spacial score (nSPS) is 13.9. The second-order valence-corrected chi connectivity index (χ2v) is 6.56. The predicted molar refractivity (Wildman–Crippen MR) is 102 cm³/mol. The quantitative estimate of drug-likeness (QED) is 0.822. The van der Waals surface area contributed by atoms with Crippen LogP contribution in [0.5, 0.6) is 0 Å². The number of carbonyl (C=O) groups is 2. The van der Waals surface area contributed by atoms with E-state index in [1.165, 1.54) is 10.6 Å².